The van der Waals surface area contributed by atoms with Crippen molar-refractivity contribution in [1.82, 2.24) is 5.32 Å². The first-order valence-corrected chi connectivity index (χ1v) is 6.44. The van der Waals surface area contributed by atoms with E-state index < -0.39 is 0 Å². The van der Waals surface area contributed by atoms with Crippen molar-refractivity contribution in [2.75, 3.05) is 0 Å². The van der Waals surface area contributed by atoms with Crippen molar-refractivity contribution in [3.05, 3.63) is 34.3 Å². The van der Waals surface area contributed by atoms with Crippen molar-refractivity contribution < 1.29 is 0 Å². The molecule has 0 saturated heterocycles. The molecule has 1 rings (SSSR count). The van der Waals surface area contributed by atoms with E-state index in [0.29, 0.717) is 12.1 Å². The third kappa shape index (κ3) is 4.35. The predicted octanol–water partition coefficient (Wildman–Crippen LogP) is 4.29. The highest BCUT2D eigenvalue weighted by Gasteiger charge is 2.08. The molecule has 2 heteroatoms. The second-order valence-corrected chi connectivity index (χ2v) is 5.05. The molecule has 0 fully saturated rings. The fourth-order valence-electron chi connectivity index (χ4n) is 1.79. The van der Waals surface area contributed by atoms with Crippen LogP contribution in [0, 0.1) is 0 Å². The van der Waals surface area contributed by atoms with Gasteiger partial charge in [-0.15, -0.1) is 0 Å². The van der Waals surface area contributed by atoms with E-state index in [4.69, 9.17) is 0 Å². The molecule has 0 radical (unpaired) electrons. The average molecular weight is 270 g/mol. The van der Waals surface area contributed by atoms with Gasteiger partial charge in [-0.1, -0.05) is 41.4 Å². The molecule has 0 amide bonds. The van der Waals surface area contributed by atoms with Gasteiger partial charge >= 0.3 is 0 Å². The smallest absolute Gasteiger partial charge is 0.0294 e. The van der Waals surface area contributed by atoms with E-state index in [1.165, 1.54) is 18.4 Å². The third-order valence-corrected chi connectivity index (χ3v) is 3.15. The first kappa shape index (κ1) is 12.7. The first-order valence-electron chi connectivity index (χ1n) is 5.65. The molecule has 0 aromatic heterocycles. The molecule has 15 heavy (non-hydrogen) atoms. The van der Waals surface area contributed by atoms with Gasteiger partial charge < -0.3 is 5.32 Å². The number of halogens is 1. The fourth-order valence-corrected chi connectivity index (χ4v) is 2.06. The summed E-state index contributed by atoms with van der Waals surface area (Å²) >= 11 is 3.45. The third-order valence-electron chi connectivity index (χ3n) is 2.63. The second kappa shape index (κ2) is 6.29. The normalized spacial score (nSPS) is 14.9. The van der Waals surface area contributed by atoms with Crippen molar-refractivity contribution in [2.45, 2.75) is 45.7 Å². The number of benzene rings is 1. The Morgan fingerprint density at radius 3 is 2.33 bits per heavy atom. The van der Waals surface area contributed by atoms with Gasteiger partial charge in [0, 0.05) is 16.6 Å². The molecule has 0 aliphatic rings. The largest absolute Gasteiger partial charge is 0.308 e. The quantitative estimate of drug-likeness (QED) is 0.841. The van der Waals surface area contributed by atoms with Crippen molar-refractivity contribution in [3.63, 3.8) is 0 Å². The standard InChI is InChI=1S/C13H20BrN/c1-4-5-10(2)15-11(3)12-6-8-13(14)9-7-12/h6-11,15H,4-5H2,1-3H3/t10?,11-/m0/s1. The van der Waals surface area contributed by atoms with E-state index in [1.807, 2.05) is 0 Å². The topological polar surface area (TPSA) is 12.0 Å². The lowest BCUT2D eigenvalue weighted by Crippen LogP contribution is -2.28. The van der Waals surface area contributed by atoms with Crippen LogP contribution in [0.1, 0.15) is 45.2 Å². The van der Waals surface area contributed by atoms with Crippen LogP contribution in [0.5, 0.6) is 0 Å². The molecule has 84 valence electrons. The summed E-state index contributed by atoms with van der Waals surface area (Å²) in [5.41, 5.74) is 1.35. The highest BCUT2D eigenvalue weighted by molar-refractivity contribution is 9.10. The Kier molecular flexibility index (Phi) is 5.34. The lowest BCUT2D eigenvalue weighted by atomic mass is 10.1. The van der Waals surface area contributed by atoms with Crippen molar-refractivity contribution in [2.24, 2.45) is 0 Å². The minimum absolute atomic E-state index is 0.430. The lowest BCUT2D eigenvalue weighted by Gasteiger charge is -2.20. The van der Waals surface area contributed by atoms with E-state index >= 15 is 0 Å². The van der Waals surface area contributed by atoms with Gasteiger partial charge in [0.05, 0.1) is 0 Å². The number of nitrogens with one attached hydrogen (secondary N) is 1. The Balaban J connectivity index is 2.53. The summed E-state index contributed by atoms with van der Waals surface area (Å²) in [5.74, 6) is 0. The summed E-state index contributed by atoms with van der Waals surface area (Å²) in [5, 5.41) is 3.60. The summed E-state index contributed by atoms with van der Waals surface area (Å²) in [6.45, 7) is 6.69. The van der Waals surface area contributed by atoms with Crippen LogP contribution >= 0.6 is 15.9 Å². The summed E-state index contributed by atoms with van der Waals surface area (Å²) in [4.78, 5) is 0. The van der Waals surface area contributed by atoms with Crippen LogP contribution in [0.2, 0.25) is 0 Å². The molecule has 0 heterocycles. The molecule has 0 spiro atoms. The van der Waals surface area contributed by atoms with Crippen LogP contribution in [-0.4, -0.2) is 6.04 Å². The van der Waals surface area contributed by atoms with E-state index in [9.17, 15) is 0 Å². The fraction of sp³-hybridized carbons (Fsp3) is 0.538. The molecule has 2 atom stereocenters. The molecule has 0 saturated carbocycles. The van der Waals surface area contributed by atoms with Crippen LogP contribution < -0.4 is 5.32 Å². The Morgan fingerprint density at radius 2 is 1.80 bits per heavy atom. The summed E-state index contributed by atoms with van der Waals surface area (Å²) in [6.07, 6.45) is 2.47. The summed E-state index contributed by atoms with van der Waals surface area (Å²) in [7, 11) is 0. The number of hydrogen-bond donors (Lipinski definition) is 1. The van der Waals surface area contributed by atoms with Gasteiger partial charge in [-0.05, 0) is 38.0 Å². The Bertz CT molecular complexity index is 281. The molecule has 1 nitrogen and oxygen atoms in total. The van der Waals surface area contributed by atoms with Crippen LogP contribution in [0.15, 0.2) is 28.7 Å². The first-order chi connectivity index (χ1) is 7.13. The zero-order chi connectivity index (χ0) is 11.3. The highest BCUT2D eigenvalue weighted by Crippen LogP contribution is 2.17. The van der Waals surface area contributed by atoms with Crippen molar-refractivity contribution in [3.8, 4) is 0 Å². The van der Waals surface area contributed by atoms with E-state index in [1.54, 1.807) is 0 Å². The van der Waals surface area contributed by atoms with Gasteiger partial charge in [0.25, 0.3) is 0 Å². The Labute approximate surface area is 101 Å². The second-order valence-electron chi connectivity index (χ2n) is 4.13. The van der Waals surface area contributed by atoms with Gasteiger partial charge in [0.15, 0.2) is 0 Å². The van der Waals surface area contributed by atoms with E-state index in [-0.39, 0.29) is 0 Å². The molecule has 1 aromatic carbocycles. The molecule has 0 aliphatic heterocycles. The average Bonchev–Trinajstić information content (AvgIpc) is 2.18. The highest BCUT2D eigenvalue weighted by atomic mass is 79.9. The molecular weight excluding hydrogens is 250 g/mol. The van der Waals surface area contributed by atoms with Crippen molar-refractivity contribution in [1.29, 1.82) is 0 Å². The number of hydrogen-bond acceptors (Lipinski definition) is 1. The molecule has 1 N–H and O–H groups in total. The Hall–Kier alpha value is -0.340. The predicted molar refractivity (Wildman–Crippen MR) is 70.1 cm³/mol. The monoisotopic (exact) mass is 269 g/mol. The maximum Gasteiger partial charge on any atom is 0.0294 e. The van der Waals surface area contributed by atoms with Gasteiger partial charge in [0.1, 0.15) is 0 Å². The molecule has 1 aromatic rings. The van der Waals surface area contributed by atoms with Gasteiger partial charge in [0.2, 0.25) is 0 Å². The van der Waals surface area contributed by atoms with Crippen LogP contribution in [0.3, 0.4) is 0 Å². The van der Waals surface area contributed by atoms with Crippen LogP contribution in [0.4, 0.5) is 0 Å². The minimum Gasteiger partial charge on any atom is -0.308 e. The summed E-state index contributed by atoms with van der Waals surface area (Å²) < 4.78 is 1.14. The summed E-state index contributed by atoms with van der Waals surface area (Å²) in [6, 6.07) is 9.55. The molecular formula is C13H20BrN. The van der Waals surface area contributed by atoms with Crippen molar-refractivity contribution >= 4 is 15.9 Å². The van der Waals surface area contributed by atoms with Gasteiger partial charge in [-0.2, -0.15) is 0 Å². The van der Waals surface area contributed by atoms with Crippen LogP contribution in [0.25, 0.3) is 0 Å². The van der Waals surface area contributed by atoms with Crippen LogP contribution in [-0.2, 0) is 0 Å². The molecule has 0 bridgehead atoms. The lowest BCUT2D eigenvalue weighted by molar-refractivity contribution is 0.453. The Morgan fingerprint density at radius 1 is 1.20 bits per heavy atom. The molecule has 1 unspecified atom stereocenters. The van der Waals surface area contributed by atoms with Gasteiger partial charge in [-0.3, -0.25) is 0 Å². The zero-order valence-electron chi connectivity index (χ0n) is 9.76. The van der Waals surface area contributed by atoms with E-state index in [0.717, 1.165) is 4.47 Å². The molecule has 0 aliphatic carbocycles. The maximum absolute atomic E-state index is 3.60. The minimum atomic E-state index is 0.430. The SMILES string of the molecule is CCCC(C)N[C@@H](C)c1ccc(Br)cc1. The zero-order valence-corrected chi connectivity index (χ0v) is 11.3. The van der Waals surface area contributed by atoms with E-state index in [2.05, 4.69) is 66.3 Å². The van der Waals surface area contributed by atoms with Gasteiger partial charge in [-0.25, -0.2) is 0 Å². The number of rotatable bonds is 5. The maximum atomic E-state index is 3.60.